The molecule has 84 valence electrons. The van der Waals surface area contributed by atoms with Gasteiger partial charge in [-0.05, 0) is 12.1 Å². The summed E-state index contributed by atoms with van der Waals surface area (Å²) < 4.78 is 10.0. The number of aromatic amines is 1. The molecule has 0 aliphatic carbocycles. The summed E-state index contributed by atoms with van der Waals surface area (Å²) in [7, 11) is 4.79. The van der Waals surface area contributed by atoms with E-state index in [1.807, 2.05) is 0 Å². The molecular weight excluding hydrogens is 196 g/mol. The van der Waals surface area contributed by atoms with Gasteiger partial charge in [0.05, 0.1) is 6.54 Å². The van der Waals surface area contributed by atoms with Gasteiger partial charge in [-0.15, -0.1) is 0 Å². The van der Waals surface area contributed by atoms with Crippen molar-refractivity contribution in [3.63, 3.8) is 0 Å². The highest BCUT2D eigenvalue weighted by molar-refractivity contribution is 5.92. The molecule has 1 N–H and O–H groups in total. The van der Waals surface area contributed by atoms with Gasteiger partial charge in [-0.2, -0.15) is 0 Å². The van der Waals surface area contributed by atoms with E-state index in [0.717, 1.165) is 0 Å². The summed E-state index contributed by atoms with van der Waals surface area (Å²) in [5.74, 6) is -0.0842. The van der Waals surface area contributed by atoms with Crippen molar-refractivity contribution in [2.45, 2.75) is 6.29 Å². The molecule has 0 saturated heterocycles. The van der Waals surface area contributed by atoms with E-state index >= 15 is 0 Å². The maximum Gasteiger partial charge on any atom is 0.270 e. The second-order valence-electron chi connectivity index (χ2n) is 3.17. The molecule has 0 fully saturated rings. The van der Waals surface area contributed by atoms with Gasteiger partial charge in [0, 0.05) is 27.5 Å². The molecular formula is C10H16N2O3. The minimum absolute atomic E-state index is 0.0842. The van der Waals surface area contributed by atoms with E-state index in [2.05, 4.69) is 4.98 Å². The molecule has 5 nitrogen and oxygen atoms in total. The van der Waals surface area contributed by atoms with E-state index in [4.69, 9.17) is 9.47 Å². The van der Waals surface area contributed by atoms with Gasteiger partial charge in [0.25, 0.3) is 5.91 Å². The second-order valence-corrected chi connectivity index (χ2v) is 3.17. The lowest BCUT2D eigenvalue weighted by Crippen LogP contribution is -2.36. The Morgan fingerprint density at radius 3 is 2.67 bits per heavy atom. The molecule has 1 aromatic rings. The van der Waals surface area contributed by atoms with E-state index in [0.29, 0.717) is 12.2 Å². The first-order chi connectivity index (χ1) is 7.19. The van der Waals surface area contributed by atoms with Crippen LogP contribution in [0, 0.1) is 0 Å². The number of ether oxygens (including phenoxy) is 2. The Labute approximate surface area is 89.0 Å². The van der Waals surface area contributed by atoms with Crippen molar-refractivity contribution in [2.75, 3.05) is 27.8 Å². The summed E-state index contributed by atoms with van der Waals surface area (Å²) >= 11 is 0. The van der Waals surface area contributed by atoms with Crippen LogP contribution in [0.25, 0.3) is 0 Å². The van der Waals surface area contributed by atoms with Crippen LogP contribution in [0.15, 0.2) is 18.3 Å². The van der Waals surface area contributed by atoms with E-state index < -0.39 is 6.29 Å². The van der Waals surface area contributed by atoms with E-state index in [9.17, 15) is 4.79 Å². The zero-order valence-electron chi connectivity index (χ0n) is 9.19. The summed E-state index contributed by atoms with van der Waals surface area (Å²) in [6.45, 7) is 0.394. The monoisotopic (exact) mass is 212 g/mol. The number of amides is 1. The predicted octanol–water partition coefficient (Wildman–Crippen LogP) is 0.706. The molecule has 0 saturated carbocycles. The molecule has 0 atom stereocenters. The number of nitrogens with one attached hydrogen (secondary N) is 1. The molecule has 1 rings (SSSR count). The van der Waals surface area contributed by atoms with Crippen molar-refractivity contribution in [1.82, 2.24) is 9.88 Å². The lowest BCUT2D eigenvalue weighted by molar-refractivity contribution is -0.110. The Morgan fingerprint density at radius 2 is 2.20 bits per heavy atom. The van der Waals surface area contributed by atoms with Gasteiger partial charge >= 0.3 is 0 Å². The molecule has 0 aliphatic heterocycles. The number of likely N-dealkylation sites (N-methyl/N-ethyl adjacent to an activating group) is 1. The number of H-pyrrole nitrogens is 1. The van der Waals surface area contributed by atoms with Crippen molar-refractivity contribution in [3.05, 3.63) is 24.0 Å². The van der Waals surface area contributed by atoms with Crippen molar-refractivity contribution >= 4 is 5.91 Å². The fourth-order valence-corrected chi connectivity index (χ4v) is 1.22. The van der Waals surface area contributed by atoms with Crippen LogP contribution >= 0.6 is 0 Å². The summed E-state index contributed by atoms with van der Waals surface area (Å²) in [5, 5.41) is 0. The number of rotatable bonds is 5. The summed E-state index contributed by atoms with van der Waals surface area (Å²) in [6, 6.07) is 3.51. The van der Waals surface area contributed by atoms with Gasteiger partial charge in [0.2, 0.25) is 0 Å². The number of methoxy groups -OCH3 is 2. The molecule has 15 heavy (non-hydrogen) atoms. The lowest BCUT2D eigenvalue weighted by atomic mass is 10.3. The smallest absolute Gasteiger partial charge is 0.270 e. The first-order valence-electron chi connectivity index (χ1n) is 4.63. The fraction of sp³-hybridized carbons (Fsp3) is 0.500. The van der Waals surface area contributed by atoms with Gasteiger partial charge in [-0.25, -0.2) is 0 Å². The lowest BCUT2D eigenvalue weighted by Gasteiger charge is -2.21. The quantitative estimate of drug-likeness (QED) is 0.731. The first kappa shape index (κ1) is 11.7. The van der Waals surface area contributed by atoms with Crippen LogP contribution in [-0.2, 0) is 9.47 Å². The third-order valence-corrected chi connectivity index (χ3v) is 2.12. The van der Waals surface area contributed by atoms with Gasteiger partial charge < -0.3 is 19.4 Å². The van der Waals surface area contributed by atoms with Gasteiger partial charge in [0.1, 0.15) is 5.69 Å². The van der Waals surface area contributed by atoms with Crippen LogP contribution in [-0.4, -0.2) is 49.9 Å². The normalized spacial score (nSPS) is 10.7. The standard InChI is InChI=1S/C10H16N2O3/c1-12(7-9(14-2)15-3)10(13)8-5-4-6-11-8/h4-6,9,11H,7H2,1-3H3. The molecule has 1 aromatic heterocycles. The second kappa shape index (κ2) is 5.53. The zero-order chi connectivity index (χ0) is 11.3. The predicted molar refractivity (Wildman–Crippen MR) is 55.6 cm³/mol. The molecule has 0 spiro atoms. The Morgan fingerprint density at radius 1 is 1.53 bits per heavy atom. The molecule has 1 heterocycles. The molecule has 0 aromatic carbocycles. The zero-order valence-corrected chi connectivity index (χ0v) is 9.19. The number of nitrogens with zero attached hydrogens (tertiary/aromatic N) is 1. The Balaban J connectivity index is 2.53. The molecule has 1 amide bonds. The third-order valence-electron chi connectivity index (χ3n) is 2.12. The van der Waals surface area contributed by atoms with Crippen LogP contribution in [0.4, 0.5) is 0 Å². The number of hydrogen-bond acceptors (Lipinski definition) is 3. The van der Waals surface area contributed by atoms with Crippen molar-refractivity contribution in [1.29, 1.82) is 0 Å². The molecule has 0 unspecified atom stereocenters. The maximum absolute atomic E-state index is 11.8. The summed E-state index contributed by atoms with van der Waals surface area (Å²) in [6.07, 6.45) is 1.32. The highest BCUT2D eigenvalue weighted by Crippen LogP contribution is 2.02. The topological polar surface area (TPSA) is 54.6 Å². The highest BCUT2D eigenvalue weighted by Gasteiger charge is 2.16. The van der Waals surface area contributed by atoms with E-state index in [1.165, 1.54) is 0 Å². The minimum atomic E-state index is -0.395. The summed E-state index contributed by atoms with van der Waals surface area (Å²) in [4.78, 5) is 16.2. The van der Waals surface area contributed by atoms with Gasteiger partial charge in [-0.1, -0.05) is 0 Å². The SMILES string of the molecule is COC(CN(C)C(=O)c1ccc[nH]1)OC. The average Bonchev–Trinajstić information content (AvgIpc) is 2.77. The Kier molecular flexibility index (Phi) is 4.33. The van der Waals surface area contributed by atoms with Crippen LogP contribution in [0.5, 0.6) is 0 Å². The van der Waals surface area contributed by atoms with Crippen molar-refractivity contribution < 1.29 is 14.3 Å². The largest absolute Gasteiger partial charge is 0.357 e. The summed E-state index contributed by atoms with van der Waals surface area (Å²) in [5.41, 5.74) is 0.559. The average molecular weight is 212 g/mol. The van der Waals surface area contributed by atoms with Crippen LogP contribution in [0.2, 0.25) is 0 Å². The van der Waals surface area contributed by atoms with E-state index in [1.54, 1.807) is 44.5 Å². The van der Waals surface area contributed by atoms with Gasteiger partial charge in [-0.3, -0.25) is 4.79 Å². The Bertz CT molecular complexity index is 294. The number of aromatic nitrogens is 1. The fourth-order valence-electron chi connectivity index (χ4n) is 1.22. The third kappa shape index (κ3) is 3.07. The molecule has 0 bridgehead atoms. The number of carbonyl (C=O) groups excluding carboxylic acids is 1. The molecule has 5 heteroatoms. The first-order valence-corrected chi connectivity index (χ1v) is 4.63. The molecule has 0 aliphatic rings. The van der Waals surface area contributed by atoms with Crippen molar-refractivity contribution in [2.24, 2.45) is 0 Å². The van der Waals surface area contributed by atoms with E-state index in [-0.39, 0.29) is 5.91 Å². The number of carbonyl (C=O) groups is 1. The molecule has 0 radical (unpaired) electrons. The minimum Gasteiger partial charge on any atom is -0.357 e. The maximum atomic E-state index is 11.8. The van der Waals surface area contributed by atoms with Crippen LogP contribution in [0.3, 0.4) is 0 Å². The van der Waals surface area contributed by atoms with Crippen molar-refractivity contribution in [3.8, 4) is 0 Å². The highest BCUT2D eigenvalue weighted by atomic mass is 16.7. The van der Waals surface area contributed by atoms with Gasteiger partial charge in [0.15, 0.2) is 6.29 Å². The van der Waals surface area contributed by atoms with Crippen LogP contribution < -0.4 is 0 Å². The van der Waals surface area contributed by atoms with Crippen LogP contribution in [0.1, 0.15) is 10.5 Å². The number of hydrogen-bond donors (Lipinski definition) is 1. The Hall–Kier alpha value is -1.33.